The van der Waals surface area contributed by atoms with E-state index in [1.807, 2.05) is 44.2 Å². The lowest BCUT2D eigenvalue weighted by atomic mass is 10.0. The third-order valence-corrected chi connectivity index (χ3v) is 9.46. The Labute approximate surface area is 262 Å². The highest BCUT2D eigenvalue weighted by atomic mass is 32.2. The van der Waals surface area contributed by atoms with Gasteiger partial charge in [-0.1, -0.05) is 44.2 Å². The molecule has 2 aliphatic heterocycles. The van der Waals surface area contributed by atoms with Gasteiger partial charge in [-0.05, 0) is 48.6 Å². The normalized spacial score (nSPS) is 20.9. The predicted molar refractivity (Wildman–Crippen MR) is 163 cm³/mol. The molecule has 13 nitrogen and oxygen atoms in total. The first-order chi connectivity index (χ1) is 21.4. The molecule has 2 heterocycles. The van der Waals surface area contributed by atoms with Gasteiger partial charge >= 0.3 is 12.1 Å². The number of carbonyl (C=O) groups is 3. The Morgan fingerprint density at radius 3 is 2.40 bits per heavy atom. The number of hydrogen-bond donors (Lipinski definition) is 4. The standard InChI is InChI=1S/C31H41N3O10S/c1-20(2)17-34(45(40,41)23-10-8-22(9-11-23)32-28(36)12-13-29(37)38)18-26(35)25(16-21-6-4-3-5-7-21)33-31(39)44-27-19-43-30-24(27)14-15-42-30/h3-11,20,24-27,30,35H,12-19H2,1-2H3,(H,32,36)(H,33,39)(H,37,38)/t24-,25-,26+,27-,30+/m0/s1. The van der Waals surface area contributed by atoms with Gasteiger partial charge in [0.2, 0.25) is 15.9 Å². The molecule has 5 atom stereocenters. The fourth-order valence-corrected chi connectivity index (χ4v) is 6.96. The van der Waals surface area contributed by atoms with E-state index in [4.69, 9.17) is 19.3 Å². The molecular formula is C31H41N3O10S. The molecule has 45 heavy (non-hydrogen) atoms. The van der Waals surface area contributed by atoms with Crippen LogP contribution in [0, 0.1) is 11.8 Å². The van der Waals surface area contributed by atoms with Crippen molar-refractivity contribution in [2.45, 2.75) is 69.0 Å². The smallest absolute Gasteiger partial charge is 0.407 e. The second kappa shape index (κ2) is 15.6. The number of sulfonamides is 1. The van der Waals surface area contributed by atoms with Gasteiger partial charge in [0, 0.05) is 25.2 Å². The fraction of sp³-hybridized carbons (Fsp3) is 0.516. The number of alkyl carbamates (subject to hydrolysis) is 1. The molecule has 0 aromatic heterocycles. The number of benzene rings is 2. The number of carboxylic acid groups (broad SMARTS) is 1. The summed E-state index contributed by atoms with van der Waals surface area (Å²) in [7, 11) is -4.11. The first-order valence-corrected chi connectivity index (χ1v) is 16.4. The van der Waals surface area contributed by atoms with Gasteiger partial charge in [-0.15, -0.1) is 0 Å². The number of aliphatic hydroxyl groups excluding tert-OH is 1. The van der Waals surface area contributed by atoms with Gasteiger partial charge in [0.25, 0.3) is 0 Å². The molecule has 0 unspecified atom stereocenters. The molecule has 0 spiro atoms. The lowest BCUT2D eigenvalue weighted by Crippen LogP contribution is -2.51. The number of carbonyl (C=O) groups excluding carboxylic acids is 2. The van der Waals surface area contributed by atoms with Crippen molar-refractivity contribution >= 4 is 33.7 Å². The van der Waals surface area contributed by atoms with E-state index in [0.717, 1.165) is 5.56 Å². The zero-order valence-electron chi connectivity index (χ0n) is 25.3. The first kappa shape index (κ1) is 34.3. The van der Waals surface area contributed by atoms with Gasteiger partial charge < -0.3 is 35.1 Å². The number of nitrogens with one attached hydrogen (secondary N) is 2. The van der Waals surface area contributed by atoms with Crippen LogP contribution < -0.4 is 10.6 Å². The SMILES string of the molecule is CC(C)CN(C[C@@H](O)[C@H](Cc1ccccc1)NC(=O)O[C@H]1CO[C@H]2OCC[C@H]21)S(=O)(=O)c1ccc(NC(=O)CCC(=O)O)cc1. The lowest BCUT2D eigenvalue weighted by Gasteiger charge is -2.31. The van der Waals surface area contributed by atoms with Crippen LogP contribution in [0.3, 0.4) is 0 Å². The lowest BCUT2D eigenvalue weighted by molar-refractivity contribution is -0.138. The number of fused-ring (bicyclic) bond motifs is 1. The monoisotopic (exact) mass is 647 g/mol. The Morgan fingerprint density at radius 1 is 1.02 bits per heavy atom. The van der Waals surface area contributed by atoms with Crippen molar-refractivity contribution in [2.75, 3.05) is 31.6 Å². The van der Waals surface area contributed by atoms with E-state index >= 15 is 0 Å². The van der Waals surface area contributed by atoms with Gasteiger partial charge in [0.05, 0.1) is 42.6 Å². The number of nitrogens with zero attached hydrogens (tertiary/aromatic N) is 1. The van der Waals surface area contributed by atoms with Crippen molar-refractivity contribution in [3.05, 3.63) is 60.2 Å². The Bertz CT molecular complexity index is 1400. The Morgan fingerprint density at radius 2 is 1.73 bits per heavy atom. The van der Waals surface area contributed by atoms with E-state index < -0.39 is 52.5 Å². The van der Waals surface area contributed by atoms with Crippen molar-refractivity contribution in [1.82, 2.24) is 9.62 Å². The molecule has 2 aliphatic rings. The van der Waals surface area contributed by atoms with Crippen LogP contribution >= 0.6 is 0 Å². The number of ether oxygens (including phenoxy) is 3. The quantitative estimate of drug-likeness (QED) is 0.224. The summed E-state index contributed by atoms with van der Waals surface area (Å²) in [6, 6.07) is 13.8. The first-order valence-electron chi connectivity index (χ1n) is 15.0. The maximum absolute atomic E-state index is 13.8. The molecule has 2 fully saturated rings. The molecule has 2 aromatic rings. The van der Waals surface area contributed by atoms with Crippen molar-refractivity contribution in [2.24, 2.45) is 11.8 Å². The van der Waals surface area contributed by atoms with Crippen molar-refractivity contribution in [3.63, 3.8) is 0 Å². The van der Waals surface area contributed by atoms with E-state index in [1.54, 1.807) is 0 Å². The number of anilines is 1. The zero-order valence-corrected chi connectivity index (χ0v) is 26.1. The highest BCUT2D eigenvalue weighted by Gasteiger charge is 2.44. The van der Waals surface area contributed by atoms with Gasteiger partial charge in [-0.2, -0.15) is 4.31 Å². The number of aliphatic carboxylic acids is 1. The molecule has 4 rings (SSSR count). The highest BCUT2D eigenvalue weighted by Crippen LogP contribution is 2.33. The van der Waals surface area contributed by atoms with E-state index in [2.05, 4.69) is 10.6 Å². The van der Waals surface area contributed by atoms with Crippen molar-refractivity contribution in [1.29, 1.82) is 0 Å². The molecule has 0 bridgehead atoms. The third kappa shape index (κ3) is 9.71. The Balaban J connectivity index is 1.47. The minimum atomic E-state index is -4.11. The molecule has 0 aliphatic carbocycles. The molecule has 0 saturated carbocycles. The summed E-state index contributed by atoms with van der Waals surface area (Å²) in [5.74, 6) is -1.76. The number of rotatable bonds is 15. The molecule has 2 saturated heterocycles. The van der Waals surface area contributed by atoms with Crippen LogP contribution in [0.2, 0.25) is 0 Å². The minimum absolute atomic E-state index is 0.0552. The Hall–Kier alpha value is -3.56. The summed E-state index contributed by atoms with van der Waals surface area (Å²) in [4.78, 5) is 35.7. The summed E-state index contributed by atoms with van der Waals surface area (Å²) >= 11 is 0. The van der Waals surface area contributed by atoms with E-state index in [9.17, 15) is 27.9 Å². The maximum atomic E-state index is 13.8. The topological polar surface area (TPSA) is 181 Å². The highest BCUT2D eigenvalue weighted by molar-refractivity contribution is 7.89. The van der Waals surface area contributed by atoms with Crippen LogP contribution in [0.5, 0.6) is 0 Å². The van der Waals surface area contributed by atoms with Crippen LogP contribution in [0.1, 0.15) is 38.7 Å². The van der Waals surface area contributed by atoms with E-state index in [1.165, 1.54) is 28.6 Å². The predicted octanol–water partition coefficient (Wildman–Crippen LogP) is 2.60. The number of hydrogen-bond acceptors (Lipinski definition) is 9. The Kier molecular flexibility index (Phi) is 11.9. The average Bonchev–Trinajstić information content (AvgIpc) is 3.61. The molecule has 14 heteroatoms. The number of amides is 2. The number of aliphatic hydroxyl groups is 1. The summed E-state index contributed by atoms with van der Waals surface area (Å²) in [5.41, 5.74) is 1.14. The van der Waals surface area contributed by atoms with Crippen molar-refractivity contribution in [3.8, 4) is 0 Å². The number of carboxylic acids is 1. The van der Waals surface area contributed by atoms with Crippen LogP contribution in [-0.2, 0) is 40.2 Å². The second-order valence-corrected chi connectivity index (χ2v) is 13.6. The maximum Gasteiger partial charge on any atom is 0.407 e. The molecule has 2 aromatic carbocycles. The van der Waals surface area contributed by atoms with E-state index in [0.29, 0.717) is 18.7 Å². The minimum Gasteiger partial charge on any atom is -0.481 e. The zero-order chi connectivity index (χ0) is 32.6. The largest absolute Gasteiger partial charge is 0.481 e. The molecule has 246 valence electrons. The van der Waals surface area contributed by atoms with Gasteiger partial charge in [0.1, 0.15) is 6.10 Å². The molecular weight excluding hydrogens is 606 g/mol. The summed E-state index contributed by atoms with van der Waals surface area (Å²) in [6.07, 6.45) is -2.55. The molecule has 4 N–H and O–H groups in total. The van der Waals surface area contributed by atoms with Crippen LogP contribution in [0.4, 0.5) is 10.5 Å². The van der Waals surface area contributed by atoms with E-state index in [-0.39, 0.29) is 55.7 Å². The fourth-order valence-electron chi connectivity index (χ4n) is 5.34. The average molecular weight is 648 g/mol. The molecule has 0 radical (unpaired) electrons. The van der Waals surface area contributed by atoms with Crippen LogP contribution in [-0.4, -0.2) is 91.7 Å². The second-order valence-electron chi connectivity index (χ2n) is 11.7. The summed E-state index contributed by atoms with van der Waals surface area (Å²) in [6.45, 7) is 4.22. The van der Waals surface area contributed by atoms with Gasteiger partial charge in [-0.3, -0.25) is 9.59 Å². The summed E-state index contributed by atoms with van der Waals surface area (Å²) < 4.78 is 45.5. The van der Waals surface area contributed by atoms with Crippen LogP contribution in [0.15, 0.2) is 59.5 Å². The van der Waals surface area contributed by atoms with Crippen molar-refractivity contribution < 1.29 is 47.2 Å². The molecule has 2 amide bonds. The van der Waals surface area contributed by atoms with Gasteiger partial charge in [-0.25, -0.2) is 13.2 Å². The van der Waals surface area contributed by atoms with Crippen LogP contribution in [0.25, 0.3) is 0 Å². The van der Waals surface area contributed by atoms with Gasteiger partial charge in [0.15, 0.2) is 6.29 Å². The third-order valence-electron chi connectivity index (χ3n) is 7.61. The summed E-state index contributed by atoms with van der Waals surface area (Å²) in [5, 5.41) is 25.5.